The van der Waals surface area contributed by atoms with Crippen LogP contribution in [0.2, 0.25) is 0 Å². The second-order valence-corrected chi connectivity index (χ2v) is 4.26. The monoisotopic (exact) mass is 256 g/mol. The summed E-state index contributed by atoms with van der Waals surface area (Å²) in [6, 6.07) is 12.6. The van der Waals surface area contributed by atoms with Gasteiger partial charge in [0.2, 0.25) is 0 Å². The number of aromatic nitrogens is 1. The van der Waals surface area contributed by atoms with Crippen LogP contribution in [-0.4, -0.2) is 17.0 Å². The topological polar surface area (TPSA) is 65.2 Å². The van der Waals surface area contributed by atoms with E-state index >= 15 is 0 Å². The van der Waals surface area contributed by atoms with Gasteiger partial charge in [0.05, 0.1) is 0 Å². The van der Waals surface area contributed by atoms with Gasteiger partial charge in [-0.3, -0.25) is 9.78 Å². The number of nitrogens with two attached hydrogens (primary N) is 1. The zero-order valence-corrected chi connectivity index (χ0v) is 10.5. The van der Waals surface area contributed by atoms with E-state index in [9.17, 15) is 4.79 Å². The minimum Gasteiger partial charge on any atom is -0.460 e. The van der Waals surface area contributed by atoms with Crippen LogP contribution in [0.5, 0.6) is 0 Å². The Morgan fingerprint density at radius 1 is 1.11 bits per heavy atom. The molecule has 1 aromatic carbocycles. The molecular formula is C15H16N2O2. The molecule has 0 fully saturated rings. The highest BCUT2D eigenvalue weighted by Gasteiger charge is 2.15. The van der Waals surface area contributed by atoms with Gasteiger partial charge in [-0.25, -0.2) is 0 Å². The molecule has 2 N–H and O–H groups in total. The number of esters is 1. The van der Waals surface area contributed by atoms with E-state index < -0.39 is 6.04 Å². The fraction of sp³-hybridized carbons (Fsp3) is 0.200. The number of benzene rings is 1. The number of carbonyl (C=O) groups is 1. The molecule has 0 saturated carbocycles. The average molecular weight is 256 g/mol. The standard InChI is InChI=1S/C15H16N2O2/c16-14(10-12-6-8-17-9-7-12)15(18)19-11-13-4-2-1-3-5-13/h1-9,14H,10-11,16H2/t14-/m1/s1. The van der Waals surface area contributed by atoms with Gasteiger partial charge < -0.3 is 10.5 Å². The van der Waals surface area contributed by atoms with Crippen molar-refractivity contribution in [1.29, 1.82) is 0 Å². The lowest BCUT2D eigenvalue weighted by molar-refractivity contribution is -0.146. The van der Waals surface area contributed by atoms with Crippen molar-refractivity contribution in [3.05, 3.63) is 66.0 Å². The molecule has 4 nitrogen and oxygen atoms in total. The SMILES string of the molecule is N[C@H](Cc1ccncc1)C(=O)OCc1ccccc1. The van der Waals surface area contributed by atoms with E-state index in [1.807, 2.05) is 42.5 Å². The van der Waals surface area contributed by atoms with Crippen molar-refractivity contribution in [3.63, 3.8) is 0 Å². The molecule has 0 spiro atoms. The minimum absolute atomic E-state index is 0.254. The number of rotatable bonds is 5. The lowest BCUT2D eigenvalue weighted by Crippen LogP contribution is -2.34. The predicted octanol–water partition coefficient (Wildman–Crippen LogP) is 1.69. The molecule has 0 aliphatic heterocycles. The summed E-state index contributed by atoms with van der Waals surface area (Å²) in [6.07, 6.45) is 3.81. The summed E-state index contributed by atoms with van der Waals surface area (Å²) in [5.41, 5.74) is 7.74. The summed E-state index contributed by atoms with van der Waals surface area (Å²) in [6.45, 7) is 0.254. The maximum atomic E-state index is 11.8. The summed E-state index contributed by atoms with van der Waals surface area (Å²) in [7, 11) is 0. The van der Waals surface area contributed by atoms with Gasteiger partial charge in [-0.15, -0.1) is 0 Å². The highest BCUT2D eigenvalue weighted by molar-refractivity contribution is 5.75. The van der Waals surface area contributed by atoms with Crippen LogP contribution in [0.1, 0.15) is 11.1 Å². The molecule has 2 rings (SSSR count). The Kier molecular flexibility index (Phi) is 4.64. The van der Waals surface area contributed by atoms with Crippen molar-refractivity contribution in [2.75, 3.05) is 0 Å². The Hall–Kier alpha value is -2.20. The van der Waals surface area contributed by atoms with E-state index in [4.69, 9.17) is 10.5 Å². The Morgan fingerprint density at radius 2 is 1.79 bits per heavy atom. The van der Waals surface area contributed by atoms with Crippen LogP contribution in [0.3, 0.4) is 0 Å². The van der Waals surface area contributed by atoms with Crippen LogP contribution in [0.4, 0.5) is 0 Å². The van der Waals surface area contributed by atoms with Crippen LogP contribution < -0.4 is 5.73 Å². The fourth-order valence-corrected chi connectivity index (χ4v) is 1.69. The third-order valence-corrected chi connectivity index (χ3v) is 2.73. The molecular weight excluding hydrogens is 240 g/mol. The highest BCUT2D eigenvalue weighted by Crippen LogP contribution is 2.04. The zero-order chi connectivity index (χ0) is 13.5. The second-order valence-electron chi connectivity index (χ2n) is 4.26. The van der Waals surface area contributed by atoms with Gasteiger partial charge in [-0.05, 0) is 29.7 Å². The van der Waals surface area contributed by atoms with Crippen molar-refractivity contribution in [3.8, 4) is 0 Å². The third-order valence-electron chi connectivity index (χ3n) is 2.73. The van der Waals surface area contributed by atoms with E-state index in [0.29, 0.717) is 6.42 Å². The van der Waals surface area contributed by atoms with E-state index in [1.54, 1.807) is 12.4 Å². The first-order valence-electron chi connectivity index (χ1n) is 6.11. The van der Waals surface area contributed by atoms with Crippen LogP contribution in [-0.2, 0) is 22.6 Å². The highest BCUT2D eigenvalue weighted by atomic mass is 16.5. The molecule has 1 atom stereocenters. The van der Waals surface area contributed by atoms with Gasteiger partial charge in [0, 0.05) is 12.4 Å². The summed E-state index contributed by atoms with van der Waals surface area (Å²) in [4.78, 5) is 15.7. The first-order chi connectivity index (χ1) is 9.25. The largest absolute Gasteiger partial charge is 0.460 e. The third kappa shape index (κ3) is 4.19. The number of hydrogen-bond acceptors (Lipinski definition) is 4. The van der Waals surface area contributed by atoms with Gasteiger partial charge >= 0.3 is 5.97 Å². The van der Waals surface area contributed by atoms with Gasteiger partial charge in [0.1, 0.15) is 12.6 Å². The molecule has 0 amide bonds. The second kappa shape index (κ2) is 6.66. The Morgan fingerprint density at radius 3 is 2.47 bits per heavy atom. The number of carbonyl (C=O) groups excluding carboxylic acids is 1. The number of hydrogen-bond donors (Lipinski definition) is 1. The van der Waals surface area contributed by atoms with Crippen molar-refractivity contribution in [2.45, 2.75) is 19.1 Å². The predicted molar refractivity (Wildman–Crippen MR) is 72.2 cm³/mol. The molecule has 1 aromatic heterocycles. The summed E-state index contributed by atoms with van der Waals surface area (Å²) < 4.78 is 5.18. The van der Waals surface area contributed by atoms with E-state index in [0.717, 1.165) is 11.1 Å². The summed E-state index contributed by atoms with van der Waals surface area (Å²) in [5.74, 6) is -0.388. The van der Waals surface area contributed by atoms with Crippen molar-refractivity contribution in [2.24, 2.45) is 5.73 Å². The fourth-order valence-electron chi connectivity index (χ4n) is 1.69. The maximum Gasteiger partial charge on any atom is 0.323 e. The molecule has 0 aliphatic rings. The molecule has 19 heavy (non-hydrogen) atoms. The van der Waals surface area contributed by atoms with Crippen LogP contribution in [0.25, 0.3) is 0 Å². The molecule has 2 aromatic rings. The zero-order valence-electron chi connectivity index (χ0n) is 10.5. The van der Waals surface area contributed by atoms with Crippen LogP contribution >= 0.6 is 0 Å². The lowest BCUT2D eigenvalue weighted by Gasteiger charge is -2.11. The molecule has 4 heteroatoms. The summed E-state index contributed by atoms with van der Waals surface area (Å²) in [5, 5.41) is 0. The Bertz CT molecular complexity index is 514. The molecule has 0 bridgehead atoms. The number of pyridine rings is 1. The first-order valence-corrected chi connectivity index (χ1v) is 6.11. The smallest absolute Gasteiger partial charge is 0.323 e. The molecule has 98 valence electrons. The average Bonchev–Trinajstić information content (AvgIpc) is 2.47. The number of ether oxygens (including phenoxy) is 1. The Labute approximate surface area is 112 Å². The summed E-state index contributed by atoms with van der Waals surface area (Å²) >= 11 is 0. The molecule has 0 aliphatic carbocycles. The van der Waals surface area contributed by atoms with E-state index in [1.165, 1.54) is 0 Å². The van der Waals surface area contributed by atoms with Crippen LogP contribution in [0, 0.1) is 0 Å². The lowest BCUT2D eigenvalue weighted by atomic mass is 10.1. The van der Waals surface area contributed by atoms with Crippen LogP contribution in [0.15, 0.2) is 54.9 Å². The van der Waals surface area contributed by atoms with Crippen molar-refractivity contribution >= 4 is 5.97 Å². The molecule has 1 heterocycles. The van der Waals surface area contributed by atoms with Gasteiger partial charge in [0.25, 0.3) is 0 Å². The Balaban J connectivity index is 1.83. The van der Waals surface area contributed by atoms with Crippen molar-refractivity contribution < 1.29 is 9.53 Å². The van der Waals surface area contributed by atoms with Gasteiger partial charge in [0.15, 0.2) is 0 Å². The van der Waals surface area contributed by atoms with Gasteiger partial charge in [-0.1, -0.05) is 30.3 Å². The van der Waals surface area contributed by atoms with E-state index in [-0.39, 0.29) is 12.6 Å². The van der Waals surface area contributed by atoms with Crippen molar-refractivity contribution in [1.82, 2.24) is 4.98 Å². The van der Waals surface area contributed by atoms with Gasteiger partial charge in [-0.2, -0.15) is 0 Å². The number of nitrogens with zero attached hydrogens (tertiary/aromatic N) is 1. The minimum atomic E-state index is -0.647. The normalized spacial score (nSPS) is 11.8. The first kappa shape index (κ1) is 13.2. The molecule has 0 saturated heterocycles. The van der Waals surface area contributed by atoms with E-state index in [2.05, 4.69) is 4.98 Å². The molecule has 0 unspecified atom stereocenters. The maximum absolute atomic E-state index is 11.8. The quantitative estimate of drug-likeness (QED) is 0.827. The molecule has 0 radical (unpaired) electrons.